The van der Waals surface area contributed by atoms with E-state index >= 15 is 0 Å². The molecule has 1 atom stereocenters. The number of fused-ring (bicyclic) bond motifs is 2. The van der Waals surface area contributed by atoms with Crippen LogP contribution < -0.4 is 10.4 Å². The lowest BCUT2D eigenvalue weighted by Crippen LogP contribution is -2.45. The summed E-state index contributed by atoms with van der Waals surface area (Å²) in [4.78, 5) is 38.2. The highest BCUT2D eigenvalue weighted by atomic mass is 32.1. The van der Waals surface area contributed by atoms with Crippen LogP contribution in [0, 0.1) is 18.3 Å². The van der Waals surface area contributed by atoms with Crippen LogP contribution in [0.2, 0.25) is 0 Å². The van der Waals surface area contributed by atoms with Gasteiger partial charge in [0.1, 0.15) is 11.6 Å². The van der Waals surface area contributed by atoms with Crippen LogP contribution in [-0.2, 0) is 11.3 Å². The number of rotatable bonds is 6. The van der Waals surface area contributed by atoms with Crippen LogP contribution in [-0.4, -0.2) is 61.3 Å². The Hall–Kier alpha value is -4.21. The Labute approximate surface area is 241 Å². The van der Waals surface area contributed by atoms with Crippen molar-refractivity contribution in [3.05, 3.63) is 52.2 Å². The molecule has 11 nitrogen and oxygen atoms in total. The average molecular weight is 576 g/mol. The molecule has 1 aliphatic heterocycles. The first-order valence-corrected chi connectivity index (χ1v) is 14.4. The summed E-state index contributed by atoms with van der Waals surface area (Å²) in [6, 6.07) is 9.20. The van der Waals surface area contributed by atoms with E-state index in [1.807, 2.05) is 46.8 Å². The number of hydroxylamine groups is 1. The topological polar surface area (TPSA) is 136 Å². The Kier molecular flexibility index (Phi) is 7.59. The minimum absolute atomic E-state index is 0.210. The van der Waals surface area contributed by atoms with E-state index in [1.54, 1.807) is 34.2 Å². The van der Waals surface area contributed by atoms with Crippen LogP contribution in [0.5, 0.6) is 0 Å². The zero-order valence-electron chi connectivity index (χ0n) is 23.8. The van der Waals surface area contributed by atoms with Crippen molar-refractivity contribution in [1.29, 1.82) is 5.26 Å². The van der Waals surface area contributed by atoms with Gasteiger partial charge in [-0.25, -0.2) is 14.3 Å². The molecule has 0 aliphatic carbocycles. The number of aromatic nitrogens is 3. The van der Waals surface area contributed by atoms with Crippen molar-refractivity contribution < 1.29 is 19.5 Å². The van der Waals surface area contributed by atoms with Gasteiger partial charge >= 0.3 is 6.09 Å². The summed E-state index contributed by atoms with van der Waals surface area (Å²) in [6.45, 7) is 10.2. The smallest absolute Gasteiger partial charge is 0.407 e. The number of pyridine rings is 1. The van der Waals surface area contributed by atoms with Gasteiger partial charge in [-0.3, -0.25) is 9.63 Å². The van der Waals surface area contributed by atoms with Crippen LogP contribution in [0.3, 0.4) is 0 Å². The fourth-order valence-corrected chi connectivity index (χ4v) is 6.03. The van der Waals surface area contributed by atoms with E-state index in [1.165, 1.54) is 9.96 Å². The van der Waals surface area contributed by atoms with Gasteiger partial charge in [0.05, 0.1) is 38.2 Å². The van der Waals surface area contributed by atoms with Gasteiger partial charge in [-0.1, -0.05) is 6.92 Å². The highest BCUT2D eigenvalue weighted by molar-refractivity contribution is 7.18. The number of anilines is 2. The SMILES string of the molecule is CCc1nc2ccc(C(=O)N(OC(C)(C)C)c3c(C)c(N[C@H]4CCCN(C(=O)O)C4)c(C#N)c4ccnn34)cc2s1. The first-order valence-electron chi connectivity index (χ1n) is 13.6. The van der Waals surface area contributed by atoms with Crippen molar-refractivity contribution >= 4 is 50.6 Å². The number of nitrogens with zero attached hydrogens (tertiary/aromatic N) is 6. The summed E-state index contributed by atoms with van der Waals surface area (Å²) in [7, 11) is 0. The highest BCUT2D eigenvalue weighted by Gasteiger charge is 2.32. The maximum Gasteiger partial charge on any atom is 0.407 e. The van der Waals surface area contributed by atoms with Crippen LogP contribution >= 0.6 is 11.3 Å². The molecule has 1 aliphatic rings. The number of thiazole rings is 1. The van der Waals surface area contributed by atoms with Crippen molar-refractivity contribution in [3.63, 3.8) is 0 Å². The molecule has 1 saturated heterocycles. The maximum absolute atomic E-state index is 14.2. The largest absolute Gasteiger partial charge is 0.465 e. The number of nitriles is 1. The maximum atomic E-state index is 14.2. The molecular formula is C29H33N7O4S. The van der Waals surface area contributed by atoms with Gasteiger partial charge in [0, 0.05) is 30.3 Å². The number of benzene rings is 1. The second-order valence-electron chi connectivity index (χ2n) is 11.1. The van der Waals surface area contributed by atoms with Gasteiger partial charge < -0.3 is 15.3 Å². The molecule has 1 aromatic carbocycles. The van der Waals surface area contributed by atoms with Gasteiger partial charge in [0.2, 0.25) is 0 Å². The third-order valence-corrected chi connectivity index (χ3v) is 8.10. The zero-order valence-corrected chi connectivity index (χ0v) is 24.6. The third kappa shape index (κ3) is 5.55. The minimum atomic E-state index is -0.972. The predicted octanol–water partition coefficient (Wildman–Crippen LogP) is 5.62. The Morgan fingerprint density at radius 1 is 1.32 bits per heavy atom. The molecule has 4 heterocycles. The Morgan fingerprint density at radius 2 is 2.10 bits per heavy atom. The Bertz CT molecular complexity index is 1680. The van der Waals surface area contributed by atoms with E-state index in [-0.39, 0.29) is 12.6 Å². The summed E-state index contributed by atoms with van der Waals surface area (Å²) >= 11 is 1.55. The molecule has 4 aromatic rings. The fourth-order valence-electron chi connectivity index (χ4n) is 5.08. The minimum Gasteiger partial charge on any atom is -0.465 e. The summed E-state index contributed by atoms with van der Waals surface area (Å²) in [6.07, 6.45) is 2.85. The average Bonchev–Trinajstić information content (AvgIpc) is 3.58. The summed E-state index contributed by atoms with van der Waals surface area (Å²) in [5.74, 6) is -0.0328. The number of hydrogen-bond donors (Lipinski definition) is 2. The van der Waals surface area contributed by atoms with Crippen molar-refractivity contribution in [1.82, 2.24) is 19.5 Å². The number of aryl methyl sites for hydroxylation is 1. The van der Waals surface area contributed by atoms with Crippen LogP contribution in [0.15, 0.2) is 30.5 Å². The molecule has 2 N–H and O–H groups in total. The molecule has 214 valence electrons. The van der Waals surface area contributed by atoms with E-state index in [4.69, 9.17) is 4.84 Å². The predicted molar refractivity (Wildman–Crippen MR) is 158 cm³/mol. The molecule has 0 unspecified atom stereocenters. The van der Waals surface area contributed by atoms with E-state index in [2.05, 4.69) is 21.5 Å². The summed E-state index contributed by atoms with van der Waals surface area (Å²) in [5, 5.41) is 29.9. The summed E-state index contributed by atoms with van der Waals surface area (Å²) < 4.78 is 2.46. The monoisotopic (exact) mass is 575 g/mol. The standard InChI is InChI=1S/C29H33N7O4S/c1-6-24-33-21-10-9-18(14-23(21)41-24)27(37)36(40-29(3,4)5)26-17(2)25(20(15-30)22-11-12-31-35(22)26)32-19-8-7-13-34(16-19)28(38)39/h9-12,14,19,32H,6-8,13,16H2,1-5H3,(H,38,39)/t19-/m0/s1. The number of carbonyl (C=O) groups is 2. The Balaban J connectivity index is 1.64. The van der Waals surface area contributed by atoms with Crippen molar-refractivity contribution in [2.75, 3.05) is 23.5 Å². The van der Waals surface area contributed by atoms with Crippen LogP contribution in [0.1, 0.15) is 67.0 Å². The first kappa shape index (κ1) is 28.3. The molecule has 12 heteroatoms. The van der Waals surface area contributed by atoms with Gasteiger partial charge in [-0.2, -0.15) is 15.4 Å². The van der Waals surface area contributed by atoms with Crippen molar-refractivity contribution in [2.24, 2.45) is 0 Å². The molecule has 0 bridgehead atoms. The molecule has 0 radical (unpaired) electrons. The number of nitrogens with one attached hydrogen (secondary N) is 1. The van der Waals surface area contributed by atoms with E-state index in [0.717, 1.165) is 28.1 Å². The molecule has 2 amide bonds. The van der Waals surface area contributed by atoms with Crippen molar-refractivity contribution in [3.8, 4) is 6.07 Å². The normalized spacial score (nSPS) is 15.7. The lowest BCUT2D eigenvalue weighted by atomic mass is 10.0. The van der Waals surface area contributed by atoms with E-state index in [0.29, 0.717) is 46.7 Å². The molecular weight excluding hydrogens is 542 g/mol. The lowest BCUT2D eigenvalue weighted by Gasteiger charge is -2.34. The van der Waals surface area contributed by atoms with Crippen molar-refractivity contribution in [2.45, 2.75) is 65.5 Å². The van der Waals surface area contributed by atoms with E-state index in [9.17, 15) is 20.0 Å². The molecule has 0 saturated carbocycles. The lowest BCUT2D eigenvalue weighted by molar-refractivity contribution is -0.0172. The molecule has 1 fully saturated rings. The van der Waals surface area contributed by atoms with E-state index < -0.39 is 17.6 Å². The second-order valence-corrected chi connectivity index (χ2v) is 12.2. The molecule has 41 heavy (non-hydrogen) atoms. The number of amides is 2. The molecule has 0 spiro atoms. The van der Waals surface area contributed by atoms with Gasteiger partial charge in [0.15, 0.2) is 5.82 Å². The second kappa shape index (κ2) is 11.0. The number of carbonyl (C=O) groups excluding carboxylic acids is 1. The Morgan fingerprint density at radius 3 is 2.78 bits per heavy atom. The molecule has 3 aromatic heterocycles. The number of piperidine rings is 1. The van der Waals surface area contributed by atoms with Crippen LogP contribution in [0.25, 0.3) is 15.7 Å². The first-order chi connectivity index (χ1) is 19.5. The van der Waals surface area contributed by atoms with Gasteiger partial charge in [0.25, 0.3) is 5.91 Å². The zero-order chi connectivity index (χ0) is 29.5. The molecule has 5 rings (SSSR count). The number of likely N-dealkylation sites (tertiary alicyclic amines) is 1. The fraction of sp³-hybridized carbons (Fsp3) is 0.414. The van der Waals surface area contributed by atoms with Gasteiger partial charge in [-0.05, 0) is 71.2 Å². The quantitative estimate of drug-likeness (QED) is 0.283. The number of carboxylic acid groups (broad SMARTS) is 1. The van der Waals surface area contributed by atoms with Crippen LogP contribution in [0.4, 0.5) is 16.3 Å². The summed E-state index contributed by atoms with van der Waals surface area (Å²) in [5.41, 5.74) is 2.47. The highest BCUT2D eigenvalue weighted by Crippen LogP contribution is 2.36. The number of hydrogen-bond acceptors (Lipinski definition) is 8. The third-order valence-electron chi connectivity index (χ3n) is 6.94. The van der Waals surface area contributed by atoms with Gasteiger partial charge in [-0.15, -0.1) is 11.3 Å².